The second-order valence-corrected chi connectivity index (χ2v) is 9.15. The molecule has 2 aromatic rings. The fourth-order valence-corrected chi connectivity index (χ4v) is 4.42. The zero-order valence-electron chi connectivity index (χ0n) is 21.8. The highest BCUT2D eigenvalue weighted by Crippen LogP contribution is 2.34. The summed E-state index contributed by atoms with van der Waals surface area (Å²) in [7, 11) is 0. The molecule has 0 atom stereocenters. The molecule has 0 unspecified atom stereocenters. The molecule has 1 aliphatic heterocycles. The summed E-state index contributed by atoms with van der Waals surface area (Å²) >= 11 is 0. The Morgan fingerprint density at radius 3 is 2.43 bits per heavy atom. The molecule has 0 saturated carbocycles. The van der Waals surface area contributed by atoms with Crippen molar-refractivity contribution in [2.24, 2.45) is 5.73 Å². The molecule has 7 nitrogen and oxygen atoms in total. The minimum atomic E-state index is 0.141. The number of anilines is 1. The number of carbonyl (C=O) groups is 2. The molecule has 0 radical (unpaired) electrons. The molecular weight excluding hydrogens is 464 g/mol. The Labute approximate surface area is 220 Å². The number of aromatic hydroxyl groups is 1. The first-order valence-corrected chi connectivity index (χ1v) is 12.6. The number of likely N-dealkylation sites (tertiary alicyclic amines) is 1. The Kier molecular flexibility index (Phi) is 12.3. The van der Waals surface area contributed by atoms with Crippen LogP contribution in [0, 0.1) is 0 Å². The fraction of sp³-hybridized carbons (Fsp3) is 0.333. The third-order valence-electron chi connectivity index (χ3n) is 6.59. The maximum absolute atomic E-state index is 12.1. The lowest BCUT2D eigenvalue weighted by Gasteiger charge is -2.20. The molecule has 2 aromatic carbocycles. The zero-order valence-corrected chi connectivity index (χ0v) is 21.8. The Bertz CT molecular complexity index is 1120. The van der Waals surface area contributed by atoms with Crippen LogP contribution in [-0.2, 0) is 9.59 Å². The van der Waals surface area contributed by atoms with Crippen LogP contribution >= 0.6 is 0 Å². The van der Waals surface area contributed by atoms with E-state index in [2.05, 4.69) is 16.8 Å². The summed E-state index contributed by atoms with van der Waals surface area (Å²) in [6, 6.07) is 12.3. The number of aldehydes is 1. The van der Waals surface area contributed by atoms with Gasteiger partial charge in [-0.25, -0.2) is 0 Å². The average molecular weight is 505 g/mol. The lowest BCUT2D eigenvalue weighted by atomic mass is 9.92. The van der Waals surface area contributed by atoms with E-state index in [1.165, 1.54) is 38.8 Å². The SMILES string of the molecule is C=C(CNCCN1CCCCCC1)/C(C)=C(N)/C=C(\C=O)c1c(N)cccc1-c1cccc(O)c1.C=O. The van der Waals surface area contributed by atoms with Crippen molar-refractivity contribution < 1.29 is 14.7 Å². The summed E-state index contributed by atoms with van der Waals surface area (Å²) in [5, 5.41) is 13.4. The van der Waals surface area contributed by atoms with Crippen molar-refractivity contribution >= 4 is 24.3 Å². The quantitative estimate of drug-likeness (QED) is 0.125. The molecule has 0 aromatic heterocycles. The zero-order chi connectivity index (χ0) is 27.2. The van der Waals surface area contributed by atoms with E-state index >= 15 is 0 Å². The van der Waals surface area contributed by atoms with Gasteiger partial charge < -0.3 is 31.6 Å². The number of nitrogens with zero attached hydrogens (tertiary/aromatic N) is 1. The van der Waals surface area contributed by atoms with Crippen molar-refractivity contribution in [2.45, 2.75) is 32.6 Å². The molecule has 3 rings (SSSR count). The molecular formula is C30H40N4O3. The molecule has 1 aliphatic rings. The number of nitrogens with one attached hydrogen (secondary N) is 1. The van der Waals surface area contributed by atoms with E-state index in [0.29, 0.717) is 29.1 Å². The first-order chi connectivity index (χ1) is 17.9. The molecule has 0 bridgehead atoms. The molecule has 0 amide bonds. The van der Waals surface area contributed by atoms with Gasteiger partial charge in [-0.15, -0.1) is 0 Å². The van der Waals surface area contributed by atoms with Crippen LogP contribution in [0.5, 0.6) is 5.75 Å². The van der Waals surface area contributed by atoms with Gasteiger partial charge in [-0.3, -0.25) is 4.79 Å². The van der Waals surface area contributed by atoms with E-state index < -0.39 is 0 Å². The Balaban J connectivity index is 0.00000235. The number of benzene rings is 2. The number of rotatable bonds is 10. The summed E-state index contributed by atoms with van der Waals surface area (Å²) in [6.07, 6.45) is 7.67. The number of hydrogen-bond donors (Lipinski definition) is 4. The standard InChI is InChI=1S/C29H38N4O2.CH2O/c1-21(19-32-13-16-33-14-5-3-4-6-15-33)22(2)28(31)18-24(20-34)29-26(11-8-12-27(29)30)23-9-7-10-25(35)17-23;1-2/h7-12,17-18,20,32,35H,1,3-6,13-16,19,30-31H2,2H3;1H2/b24-18+,28-22-;. The van der Waals surface area contributed by atoms with Gasteiger partial charge in [0.1, 0.15) is 12.5 Å². The predicted octanol–water partition coefficient (Wildman–Crippen LogP) is 4.29. The molecule has 0 aliphatic carbocycles. The largest absolute Gasteiger partial charge is 0.508 e. The van der Waals surface area contributed by atoms with Crippen molar-refractivity contribution in [1.82, 2.24) is 10.2 Å². The second-order valence-electron chi connectivity index (χ2n) is 9.15. The lowest BCUT2D eigenvalue weighted by Crippen LogP contribution is -2.33. The number of nitrogen functional groups attached to an aromatic ring is 1. The molecule has 7 heteroatoms. The first-order valence-electron chi connectivity index (χ1n) is 12.6. The van der Waals surface area contributed by atoms with E-state index in [4.69, 9.17) is 16.3 Å². The van der Waals surface area contributed by atoms with Crippen LogP contribution < -0.4 is 16.8 Å². The highest BCUT2D eigenvalue weighted by atomic mass is 16.3. The number of phenols is 1. The van der Waals surface area contributed by atoms with Gasteiger partial charge in [0.2, 0.25) is 0 Å². The van der Waals surface area contributed by atoms with Crippen LogP contribution in [0.15, 0.2) is 72.0 Å². The van der Waals surface area contributed by atoms with Crippen molar-refractivity contribution in [3.05, 3.63) is 77.5 Å². The smallest absolute Gasteiger partial charge is 0.150 e. The summed E-state index contributed by atoms with van der Waals surface area (Å²) in [6.45, 7) is 13.0. The predicted molar refractivity (Wildman–Crippen MR) is 153 cm³/mol. The van der Waals surface area contributed by atoms with Crippen LogP contribution in [0.3, 0.4) is 0 Å². The van der Waals surface area contributed by atoms with Crippen molar-refractivity contribution in [1.29, 1.82) is 0 Å². The van der Waals surface area contributed by atoms with Crippen LogP contribution in [0.2, 0.25) is 0 Å². The topological polar surface area (TPSA) is 122 Å². The van der Waals surface area contributed by atoms with E-state index in [1.54, 1.807) is 30.3 Å². The first kappa shape index (κ1) is 29.5. The van der Waals surface area contributed by atoms with Crippen molar-refractivity contribution in [3.8, 4) is 16.9 Å². The van der Waals surface area contributed by atoms with Crippen LogP contribution in [0.1, 0.15) is 38.2 Å². The summed E-state index contributed by atoms with van der Waals surface area (Å²) in [5.41, 5.74) is 17.8. The lowest BCUT2D eigenvalue weighted by molar-refractivity contribution is -0.103. The highest BCUT2D eigenvalue weighted by Gasteiger charge is 2.14. The van der Waals surface area contributed by atoms with E-state index in [-0.39, 0.29) is 5.75 Å². The van der Waals surface area contributed by atoms with Crippen LogP contribution in [0.25, 0.3) is 16.7 Å². The summed E-state index contributed by atoms with van der Waals surface area (Å²) < 4.78 is 0. The van der Waals surface area contributed by atoms with Crippen molar-refractivity contribution in [3.63, 3.8) is 0 Å². The number of carbonyl (C=O) groups excluding carboxylic acids is 2. The number of nitrogens with two attached hydrogens (primary N) is 2. The number of hydrogen-bond acceptors (Lipinski definition) is 7. The monoisotopic (exact) mass is 504 g/mol. The minimum Gasteiger partial charge on any atom is -0.508 e. The molecule has 1 saturated heterocycles. The highest BCUT2D eigenvalue weighted by molar-refractivity contribution is 6.12. The second kappa shape index (κ2) is 15.4. The van der Waals surface area contributed by atoms with Gasteiger partial charge in [-0.1, -0.05) is 43.7 Å². The van der Waals surface area contributed by atoms with Gasteiger partial charge in [0.15, 0.2) is 6.29 Å². The van der Waals surface area contributed by atoms with E-state index in [0.717, 1.165) is 41.6 Å². The Morgan fingerprint density at radius 1 is 1.11 bits per heavy atom. The van der Waals surface area contributed by atoms with Gasteiger partial charge in [0, 0.05) is 42.2 Å². The number of phenolic OH excluding ortho intramolecular Hbond substituents is 1. The molecule has 0 spiro atoms. The molecule has 6 N–H and O–H groups in total. The van der Waals surface area contributed by atoms with E-state index in [1.807, 2.05) is 31.9 Å². The average Bonchev–Trinajstić information content (AvgIpc) is 3.19. The summed E-state index contributed by atoms with van der Waals surface area (Å²) in [4.78, 5) is 22.7. The maximum atomic E-state index is 12.1. The van der Waals surface area contributed by atoms with Gasteiger partial charge in [0.05, 0.1) is 0 Å². The van der Waals surface area contributed by atoms with E-state index in [9.17, 15) is 9.90 Å². The molecule has 37 heavy (non-hydrogen) atoms. The fourth-order valence-electron chi connectivity index (χ4n) is 4.42. The van der Waals surface area contributed by atoms with Crippen LogP contribution in [0.4, 0.5) is 5.69 Å². The minimum absolute atomic E-state index is 0.141. The normalized spacial score (nSPS) is 15.1. The Hall–Kier alpha value is -3.68. The number of allylic oxidation sites excluding steroid dienone is 2. The third-order valence-corrected chi connectivity index (χ3v) is 6.59. The van der Waals surface area contributed by atoms with Crippen LogP contribution in [-0.4, -0.2) is 55.8 Å². The Morgan fingerprint density at radius 2 is 1.78 bits per heavy atom. The van der Waals surface area contributed by atoms with Gasteiger partial charge in [-0.05, 0) is 79.4 Å². The summed E-state index contributed by atoms with van der Waals surface area (Å²) in [5.74, 6) is 0.141. The van der Waals surface area contributed by atoms with Crippen molar-refractivity contribution in [2.75, 3.05) is 38.5 Å². The molecule has 1 heterocycles. The van der Waals surface area contributed by atoms with Gasteiger partial charge in [0.25, 0.3) is 0 Å². The van der Waals surface area contributed by atoms with Gasteiger partial charge in [-0.2, -0.15) is 0 Å². The van der Waals surface area contributed by atoms with Gasteiger partial charge >= 0.3 is 0 Å². The molecule has 1 fully saturated rings. The molecule has 198 valence electrons. The maximum Gasteiger partial charge on any atom is 0.150 e. The third kappa shape index (κ3) is 8.74.